The molecule has 32 heavy (non-hydrogen) atoms. The summed E-state index contributed by atoms with van der Waals surface area (Å²) in [6, 6.07) is 15.1. The summed E-state index contributed by atoms with van der Waals surface area (Å²) in [6.45, 7) is 3.26. The Labute approximate surface area is 195 Å². The first-order valence-corrected chi connectivity index (χ1v) is 11.2. The number of ether oxygens (including phenoxy) is 1. The Kier molecular flexibility index (Phi) is 6.84. The molecule has 0 aliphatic heterocycles. The first-order valence-electron chi connectivity index (χ1n) is 10.0. The van der Waals surface area contributed by atoms with Gasteiger partial charge in [0.2, 0.25) is 5.95 Å². The molecule has 0 spiro atoms. The van der Waals surface area contributed by atoms with E-state index in [4.69, 9.17) is 32.0 Å². The number of nitrogens with two attached hydrogens (primary N) is 1. The molecule has 164 valence electrons. The van der Waals surface area contributed by atoms with Gasteiger partial charge in [-0.1, -0.05) is 23.7 Å². The van der Waals surface area contributed by atoms with Crippen molar-refractivity contribution >= 4 is 40.3 Å². The van der Waals surface area contributed by atoms with Gasteiger partial charge in [0.15, 0.2) is 0 Å². The zero-order valence-corrected chi connectivity index (χ0v) is 19.3. The minimum Gasteiger partial charge on any atom is -0.491 e. The molecule has 0 atom stereocenters. The number of nitrogen functional groups attached to an aromatic ring is 1. The van der Waals surface area contributed by atoms with E-state index in [0.29, 0.717) is 29.0 Å². The monoisotopic (exact) mass is 466 g/mol. The Morgan fingerprint density at radius 2 is 2.00 bits per heavy atom. The maximum absolute atomic E-state index is 6.36. The minimum absolute atomic E-state index is 0.465. The van der Waals surface area contributed by atoms with E-state index in [-0.39, 0.29) is 0 Å². The van der Waals surface area contributed by atoms with Crippen LogP contribution in [0.15, 0.2) is 54.7 Å². The van der Waals surface area contributed by atoms with Crippen LogP contribution in [0.2, 0.25) is 5.02 Å². The van der Waals surface area contributed by atoms with Crippen LogP contribution in [0.25, 0.3) is 21.8 Å². The highest BCUT2D eigenvalue weighted by molar-refractivity contribution is 7.15. The topological polar surface area (TPSA) is 98.0 Å². The summed E-state index contributed by atoms with van der Waals surface area (Å²) in [5, 5.41) is 7.71. The Bertz CT molecular complexity index is 1230. The number of halogens is 1. The molecule has 4 aromatic rings. The van der Waals surface area contributed by atoms with Crippen molar-refractivity contribution in [1.82, 2.24) is 20.3 Å². The molecule has 0 fully saturated rings. The minimum atomic E-state index is 0.465. The fourth-order valence-electron chi connectivity index (χ4n) is 3.12. The van der Waals surface area contributed by atoms with Crippen LogP contribution in [0.3, 0.4) is 0 Å². The van der Waals surface area contributed by atoms with E-state index in [2.05, 4.69) is 15.6 Å². The summed E-state index contributed by atoms with van der Waals surface area (Å²) in [5.41, 5.74) is 10.0. The van der Waals surface area contributed by atoms with Crippen molar-refractivity contribution in [3.05, 3.63) is 64.8 Å². The largest absolute Gasteiger partial charge is 0.491 e. The van der Waals surface area contributed by atoms with E-state index >= 15 is 0 Å². The first kappa shape index (κ1) is 22.0. The van der Waals surface area contributed by atoms with Gasteiger partial charge in [-0.25, -0.2) is 15.0 Å². The Balaban J connectivity index is 1.58. The SMILES string of the molecule is CNCCOc1ccc(Nc2nccc(-c3sc(C)nc3-c3cccc(N)c3)n2)cc1Cl. The Morgan fingerprint density at radius 3 is 2.78 bits per heavy atom. The van der Waals surface area contributed by atoms with Crippen LogP contribution in [-0.2, 0) is 0 Å². The molecular weight excluding hydrogens is 444 g/mol. The lowest BCUT2D eigenvalue weighted by Crippen LogP contribution is -2.16. The second-order valence-corrected chi connectivity index (χ2v) is 8.63. The van der Waals surface area contributed by atoms with Crippen molar-refractivity contribution in [3.63, 3.8) is 0 Å². The lowest BCUT2D eigenvalue weighted by atomic mass is 10.1. The molecule has 9 heteroatoms. The molecule has 4 N–H and O–H groups in total. The summed E-state index contributed by atoms with van der Waals surface area (Å²) >= 11 is 7.95. The van der Waals surface area contributed by atoms with E-state index in [9.17, 15) is 0 Å². The van der Waals surface area contributed by atoms with Gasteiger partial charge in [0.1, 0.15) is 12.4 Å². The molecule has 0 saturated carbocycles. The molecule has 2 heterocycles. The van der Waals surface area contributed by atoms with E-state index in [0.717, 1.165) is 39.1 Å². The number of thiazole rings is 1. The van der Waals surface area contributed by atoms with Gasteiger partial charge >= 0.3 is 0 Å². The van der Waals surface area contributed by atoms with Gasteiger partial charge in [-0.2, -0.15) is 0 Å². The Hall–Kier alpha value is -3.20. The van der Waals surface area contributed by atoms with Crippen molar-refractivity contribution in [2.24, 2.45) is 0 Å². The van der Waals surface area contributed by atoms with Crippen LogP contribution >= 0.6 is 22.9 Å². The summed E-state index contributed by atoms with van der Waals surface area (Å²) < 4.78 is 5.66. The number of likely N-dealkylation sites (N-methyl/N-ethyl adjacent to an activating group) is 1. The standard InChI is InChI=1S/C23H23ClN6OS/c1-14-28-21(15-4-3-5-16(25)12-15)22(32-14)19-8-9-27-23(30-19)29-17-6-7-20(18(24)13-17)31-11-10-26-2/h3-9,12-13,26H,10-11,25H2,1-2H3,(H,27,29,30). The second-order valence-electron chi connectivity index (χ2n) is 7.02. The number of benzene rings is 2. The summed E-state index contributed by atoms with van der Waals surface area (Å²) in [4.78, 5) is 14.7. The molecule has 0 unspecified atom stereocenters. The molecule has 2 aromatic carbocycles. The van der Waals surface area contributed by atoms with Crippen LogP contribution < -0.4 is 21.1 Å². The van der Waals surface area contributed by atoms with Crippen molar-refractivity contribution < 1.29 is 4.74 Å². The third-order valence-corrected chi connectivity index (χ3v) is 5.87. The molecule has 0 aliphatic rings. The van der Waals surface area contributed by atoms with Gasteiger partial charge in [-0.05, 0) is 50.4 Å². The number of rotatable bonds is 8. The molecule has 0 radical (unpaired) electrons. The number of hydrogen-bond acceptors (Lipinski definition) is 8. The van der Waals surface area contributed by atoms with Gasteiger partial charge in [0, 0.05) is 29.7 Å². The van der Waals surface area contributed by atoms with E-state index in [1.54, 1.807) is 23.6 Å². The summed E-state index contributed by atoms with van der Waals surface area (Å²) in [5.74, 6) is 1.10. The third kappa shape index (κ3) is 5.16. The third-order valence-electron chi connectivity index (χ3n) is 4.58. The predicted molar refractivity (Wildman–Crippen MR) is 132 cm³/mol. The van der Waals surface area contributed by atoms with Crippen LogP contribution in [0.4, 0.5) is 17.3 Å². The molecule has 2 aromatic heterocycles. The maximum atomic E-state index is 6.36. The van der Waals surface area contributed by atoms with Crippen molar-refractivity contribution in [1.29, 1.82) is 0 Å². The highest BCUT2D eigenvalue weighted by Crippen LogP contribution is 2.36. The molecule has 7 nitrogen and oxygen atoms in total. The van der Waals surface area contributed by atoms with Crippen LogP contribution in [0.1, 0.15) is 5.01 Å². The number of nitrogens with zero attached hydrogens (tertiary/aromatic N) is 3. The fourth-order valence-corrected chi connectivity index (χ4v) is 4.26. The lowest BCUT2D eigenvalue weighted by molar-refractivity contribution is 0.318. The van der Waals surface area contributed by atoms with Crippen molar-refractivity contribution in [3.8, 4) is 27.6 Å². The molecular formula is C23H23ClN6OS. The highest BCUT2D eigenvalue weighted by atomic mass is 35.5. The number of nitrogens with one attached hydrogen (secondary N) is 2. The van der Waals surface area contributed by atoms with Gasteiger partial charge in [-0.3, -0.25) is 0 Å². The van der Waals surface area contributed by atoms with Crippen LogP contribution in [0.5, 0.6) is 5.75 Å². The number of aromatic nitrogens is 3. The smallest absolute Gasteiger partial charge is 0.227 e. The van der Waals surface area contributed by atoms with Gasteiger partial charge < -0.3 is 21.1 Å². The molecule has 0 bridgehead atoms. The normalized spacial score (nSPS) is 10.8. The molecule has 0 aliphatic carbocycles. The van der Waals surface area contributed by atoms with Gasteiger partial charge in [-0.15, -0.1) is 11.3 Å². The summed E-state index contributed by atoms with van der Waals surface area (Å²) in [6.07, 6.45) is 1.72. The average molecular weight is 467 g/mol. The quantitative estimate of drug-likeness (QED) is 0.244. The van der Waals surface area contributed by atoms with E-state index < -0.39 is 0 Å². The van der Waals surface area contributed by atoms with Gasteiger partial charge in [0.25, 0.3) is 0 Å². The molecule has 0 saturated heterocycles. The van der Waals surface area contributed by atoms with Crippen molar-refractivity contribution in [2.45, 2.75) is 6.92 Å². The van der Waals surface area contributed by atoms with Crippen molar-refractivity contribution in [2.75, 3.05) is 31.2 Å². The zero-order valence-electron chi connectivity index (χ0n) is 17.7. The fraction of sp³-hybridized carbons (Fsp3) is 0.174. The van der Waals surface area contributed by atoms with Crippen LogP contribution in [-0.4, -0.2) is 35.2 Å². The first-order chi connectivity index (χ1) is 15.5. The van der Waals surface area contributed by atoms with E-state index in [1.807, 2.05) is 56.4 Å². The Morgan fingerprint density at radius 1 is 1.12 bits per heavy atom. The van der Waals surface area contributed by atoms with Gasteiger partial charge in [0.05, 0.1) is 26.3 Å². The zero-order chi connectivity index (χ0) is 22.5. The number of anilines is 3. The van der Waals surface area contributed by atoms with Crippen LogP contribution in [0, 0.1) is 6.92 Å². The number of hydrogen-bond donors (Lipinski definition) is 3. The number of aryl methyl sites for hydroxylation is 1. The highest BCUT2D eigenvalue weighted by Gasteiger charge is 2.15. The molecule has 0 amide bonds. The average Bonchev–Trinajstić information content (AvgIpc) is 3.17. The van der Waals surface area contributed by atoms with E-state index in [1.165, 1.54) is 0 Å². The lowest BCUT2D eigenvalue weighted by Gasteiger charge is -2.11. The maximum Gasteiger partial charge on any atom is 0.227 e. The molecule has 4 rings (SSSR count). The second kappa shape index (κ2) is 9.95. The summed E-state index contributed by atoms with van der Waals surface area (Å²) in [7, 11) is 1.87. The predicted octanol–water partition coefficient (Wildman–Crippen LogP) is 5.15.